The highest BCUT2D eigenvalue weighted by Gasteiger charge is 2.28. The molecule has 1 heterocycles. The van der Waals surface area contributed by atoms with Crippen molar-refractivity contribution in [2.24, 2.45) is 11.7 Å². The molecule has 1 aromatic carbocycles. The molecular weight excluding hydrogens is 328 g/mol. The maximum atomic E-state index is 12.1. The molecule has 0 spiro atoms. The summed E-state index contributed by atoms with van der Waals surface area (Å²) >= 11 is 0. The fourth-order valence-electron chi connectivity index (χ4n) is 2.49. The van der Waals surface area contributed by atoms with Gasteiger partial charge in [-0.15, -0.1) is 12.4 Å². The number of ether oxygens (including phenoxy) is 1. The van der Waals surface area contributed by atoms with Crippen LogP contribution in [-0.4, -0.2) is 35.4 Å². The van der Waals surface area contributed by atoms with Crippen LogP contribution >= 0.6 is 12.4 Å². The molecule has 1 amide bonds. The lowest BCUT2D eigenvalue weighted by molar-refractivity contribution is 0.0950. The molecular formula is C17H23ClN4O2. The predicted octanol–water partition coefficient (Wildman–Crippen LogP) is 1.83. The van der Waals surface area contributed by atoms with E-state index in [1.165, 1.54) is 12.8 Å². The first-order valence-corrected chi connectivity index (χ1v) is 7.85. The van der Waals surface area contributed by atoms with Crippen LogP contribution in [0.15, 0.2) is 36.7 Å². The third-order valence-corrected chi connectivity index (χ3v) is 4.12. The zero-order chi connectivity index (χ0) is 16.2. The Kier molecular flexibility index (Phi) is 6.23. The number of amides is 1. The summed E-state index contributed by atoms with van der Waals surface area (Å²) in [5, 5.41) is 7.12. The van der Waals surface area contributed by atoms with E-state index in [0.29, 0.717) is 24.6 Å². The van der Waals surface area contributed by atoms with E-state index in [1.807, 2.05) is 24.3 Å². The highest BCUT2D eigenvalue weighted by Crippen LogP contribution is 2.31. The van der Waals surface area contributed by atoms with Gasteiger partial charge in [0.05, 0.1) is 25.4 Å². The highest BCUT2D eigenvalue weighted by molar-refractivity contribution is 5.93. The van der Waals surface area contributed by atoms with Crippen molar-refractivity contribution in [2.45, 2.75) is 25.4 Å². The second kappa shape index (κ2) is 8.17. The quantitative estimate of drug-likeness (QED) is 0.798. The van der Waals surface area contributed by atoms with Gasteiger partial charge >= 0.3 is 0 Å². The number of nitrogens with one attached hydrogen (secondary N) is 1. The van der Waals surface area contributed by atoms with Crippen molar-refractivity contribution >= 4 is 18.3 Å². The van der Waals surface area contributed by atoms with Crippen molar-refractivity contribution in [3.05, 3.63) is 47.8 Å². The summed E-state index contributed by atoms with van der Waals surface area (Å²) in [6.45, 7) is 1.13. The number of benzene rings is 1. The molecule has 0 radical (unpaired) electrons. The second-order valence-corrected chi connectivity index (χ2v) is 5.99. The van der Waals surface area contributed by atoms with Crippen molar-refractivity contribution in [2.75, 3.05) is 13.7 Å². The lowest BCUT2D eigenvalue weighted by Gasteiger charge is -2.10. The van der Waals surface area contributed by atoms with Crippen LogP contribution in [0.25, 0.3) is 0 Å². The monoisotopic (exact) mass is 350 g/mol. The van der Waals surface area contributed by atoms with Crippen LogP contribution in [0, 0.1) is 5.92 Å². The zero-order valence-corrected chi connectivity index (χ0v) is 14.5. The maximum Gasteiger partial charge on any atom is 0.254 e. The van der Waals surface area contributed by atoms with Crippen molar-refractivity contribution in [1.82, 2.24) is 15.1 Å². The number of hydrogen-bond acceptors (Lipinski definition) is 4. The predicted molar refractivity (Wildman–Crippen MR) is 94.6 cm³/mol. The molecule has 6 nitrogen and oxygen atoms in total. The normalized spacial score (nSPS) is 14.6. The molecule has 3 rings (SSSR count). The third kappa shape index (κ3) is 4.72. The van der Waals surface area contributed by atoms with E-state index in [4.69, 9.17) is 10.5 Å². The van der Waals surface area contributed by atoms with E-state index in [0.717, 1.165) is 11.3 Å². The summed E-state index contributed by atoms with van der Waals surface area (Å²) in [5.41, 5.74) is 7.64. The molecule has 0 saturated heterocycles. The Morgan fingerprint density at radius 3 is 2.75 bits per heavy atom. The van der Waals surface area contributed by atoms with Crippen LogP contribution in [0.4, 0.5) is 0 Å². The summed E-state index contributed by atoms with van der Waals surface area (Å²) in [4.78, 5) is 12.1. The number of aromatic nitrogens is 2. The minimum Gasteiger partial charge on any atom is -0.497 e. The fourth-order valence-corrected chi connectivity index (χ4v) is 2.49. The molecule has 1 unspecified atom stereocenters. The van der Waals surface area contributed by atoms with Crippen LogP contribution in [0.5, 0.6) is 5.75 Å². The lowest BCUT2D eigenvalue weighted by Crippen LogP contribution is -2.38. The number of hydrogen-bond donors (Lipinski definition) is 2. The van der Waals surface area contributed by atoms with E-state index in [1.54, 1.807) is 24.2 Å². The van der Waals surface area contributed by atoms with Crippen molar-refractivity contribution in [3.8, 4) is 5.75 Å². The Morgan fingerprint density at radius 2 is 2.12 bits per heavy atom. The number of methoxy groups -OCH3 is 1. The summed E-state index contributed by atoms with van der Waals surface area (Å²) in [7, 11) is 1.64. The molecule has 0 bridgehead atoms. The average Bonchev–Trinajstić information content (AvgIpc) is 3.33. The molecule has 1 aliphatic rings. The van der Waals surface area contributed by atoms with E-state index in [-0.39, 0.29) is 24.4 Å². The first kappa shape index (κ1) is 18.3. The van der Waals surface area contributed by atoms with E-state index in [9.17, 15) is 4.79 Å². The van der Waals surface area contributed by atoms with Gasteiger partial charge in [0.15, 0.2) is 0 Å². The largest absolute Gasteiger partial charge is 0.497 e. The van der Waals surface area contributed by atoms with Crippen LogP contribution in [0.2, 0.25) is 0 Å². The SMILES string of the molecule is COc1ccc(Cn2cc(C(=O)NCC(N)C3CC3)cn2)cc1.Cl. The fraction of sp³-hybridized carbons (Fsp3) is 0.412. The van der Waals surface area contributed by atoms with Gasteiger partial charge in [0.1, 0.15) is 5.75 Å². The Morgan fingerprint density at radius 1 is 1.42 bits per heavy atom. The van der Waals surface area contributed by atoms with Gasteiger partial charge in [-0.05, 0) is 36.5 Å². The van der Waals surface area contributed by atoms with Gasteiger partial charge in [0.2, 0.25) is 0 Å². The van der Waals surface area contributed by atoms with Crippen LogP contribution in [-0.2, 0) is 6.54 Å². The summed E-state index contributed by atoms with van der Waals surface area (Å²) < 4.78 is 6.88. The molecule has 1 saturated carbocycles. The van der Waals surface area contributed by atoms with Crippen molar-refractivity contribution in [3.63, 3.8) is 0 Å². The van der Waals surface area contributed by atoms with Crippen molar-refractivity contribution in [1.29, 1.82) is 0 Å². The molecule has 1 atom stereocenters. The summed E-state index contributed by atoms with van der Waals surface area (Å²) in [5.74, 6) is 1.27. The van der Waals surface area contributed by atoms with Gasteiger partial charge in [-0.2, -0.15) is 5.10 Å². The number of nitrogens with two attached hydrogens (primary N) is 1. The van der Waals surface area contributed by atoms with Crippen LogP contribution < -0.4 is 15.8 Å². The Hall–Kier alpha value is -2.05. The summed E-state index contributed by atoms with van der Waals surface area (Å²) in [6, 6.07) is 7.84. The Bertz CT molecular complexity index is 667. The van der Waals surface area contributed by atoms with E-state index in [2.05, 4.69) is 10.4 Å². The molecule has 3 N–H and O–H groups in total. The number of carbonyl (C=O) groups excluding carboxylic acids is 1. The van der Waals surface area contributed by atoms with Gasteiger partial charge < -0.3 is 15.8 Å². The Balaban J connectivity index is 0.00000208. The number of carbonyl (C=O) groups is 1. The average molecular weight is 351 g/mol. The minimum atomic E-state index is -0.123. The molecule has 24 heavy (non-hydrogen) atoms. The van der Waals surface area contributed by atoms with Gasteiger partial charge in [-0.25, -0.2) is 0 Å². The molecule has 1 fully saturated rings. The van der Waals surface area contributed by atoms with Crippen molar-refractivity contribution < 1.29 is 9.53 Å². The third-order valence-electron chi connectivity index (χ3n) is 4.12. The van der Waals surface area contributed by atoms with Gasteiger partial charge in [0, 0.05) is 18.8 Å². The smallest absolute Gasteiger partial charge is 0.254 e. The second-order valence-electron chi connectivity index (χ2n) is 5.99. The number of rotatable bonds is 7. The Labute approximate surface area is 147 Å². The molecule has 130 valence electrons. The van der Waals surface area contributed by atoms with Gasteiger partial charge in [-0.1, -0.05) is 12.1 Å². The van der Waals surface area contributed by atoms with Gasteiger partial charge in [-0.3, -0.25) is 9.48 Å². The lowest BCUT2D eigenvalue weighted by atomic mass is 10.2. The first-order valence-electron chi connectivity index (χ1n) is 7.85. The van der Waals surface area contributed by atoms with E-state index < -0.39 is 0 Å². The van der Waals surface area contributed by atoms with Crippen LogP contribution in [0.3, 0.4) is 0 Å². The minimum absolute atomic E-state index is 0. The molecule has 7 heteroatoms. The summed E-state index contributed by atoms with van der Waals surface area (Å²) in [6.07, 6.45) is 5.69. The standard InChI is InChI=1S/C17H22N4O2.ClH/c1-23-15-6-2-12(3-7-15)10-21-11-14(8-20-21)17(22)19-9-16(18)13-4-5-13;/h2-3,6-8,11,13,16H,4-5,9-10,18H2,1H3,(H,19,22);1H. The molecule has 1 aromatic heterocycles. The molecule has 2 aromatic rings. The number of nitrogens with zero attached hydrogens (tertiary/aromatic N) is 2. The molecule has 0 aliphatic heterocycles. The van der Waals surface area contributed by atoms with Gasteiger partial charge in [0.25, 0.3) is 5.91 Å². The van der Waals surface area contributed by atoms with E-state index >= 15 is 0 Å². The van der Waals surface area contributed by atoms with Crippen LogP contribution in [0.1, 0.15) is 28.8 Å². The highest BCUT2D eigenvalue weighted by atomic mass is 35.5. The maximum absolute atomic E-state index is 12.1. The topological polar surface area (TPSA) is 82.2 Å². The number of halogens is 1. The zero-order valence-electron chi connectivity index (χ0n) is 13.6. The first-order chi connectivity index (χ1) is 11.2. The molecule has 1 aliphatic carbocycles.